The number of hydrogen-bond acceptors (Lipinski definition) is 4. The molecule has 1 heterocycles. The van der Waals surface area contributed by atoms with Crippen molar-refractivity contribution in [1.82, 2.24) is 9.55 Å². The lowest BCUT2D eigenvalue weighted by Gasteiger charge is -2.20. The van der Waals surface area contributed by atoms with Crippen molar-refractivity contribution in [2.24, 2.45) is 5.73 Å². The van der Waals surface area contributed by atoms with Gasteiger partial charge in [-0.2, -0.15) is 0 Å². The highest BCUT2D eigenvalue weighted by Crippen LogP contribution is 2.25. The van der Waals surface area contributed by atoms with Crippen LogP contribution in [-0.2, 0) is 6.54 Å². The van der Waals surface area contributed by atoms with E-state index in [0.29, 0.717) is 18.0 Å². The summed E-state index contributed by atoms with van der Waals surface area (Å²) in [6.45, 7) is 3.29. The number of imidazole rings is 1. The number of aryl methyl sites for hydroxylation is 1. The number of nitrogens with one attached hydrogen (secondary N) is 1. The van der Waals surface area contributed by atoms with Crippen LogP contribution in [0.25, 0.3) is 0 Å². The number of nitrogens with two attached hydrogens (primary N) is 1. The summed E-state index contributed by atoms with van der Waals surface area (Å²) in [5.41, 5.74) is 7.16. The second-order valence-corrected chi connectivity index (χ2v) is 4.79. The highest BCUT2D eigenvalue weighted by molar-refractivity contribution is 5.51. The molecule has 21 heavy (non-hydrogen) atoms. The maximum absolute atomic E-state index is 13.9. The summed E-state index contributed by atoms with van der Waals surface area (Å²) in [6.07, 6.45) is 4.53. The summed E-state index contributed by atoms with van der Waals surface area (Å²) < 4.78 is 21.1. The summed E-state index contributed by atoms with van der Waals surface area (Å²) in [5.74, 6) is 0.257. The Bertz CT molecular complexity index is 585. The van der Waals surface area contributed by atoms with Gasteiger partial charge in [-0.3, -0.25) is 0 Å². The quantitative estimate of drug-likeness (QED) is 0.823. The van der Waals surface area contributed by atoms with Gasteiger partial charge in [0.1, 0.15) is 11.6 Å². The Balaban J connectivity index is 2.24. The van der Waals surface area contributed by atoms with Crippen LogP contribution >= 0.6 is 0 Å². The maximum atomic E-state index is 13.9. The molecule has 0 spiro atoms. The van der Waals surface area contributed by atoms with Crippen LogP contribution in [0.15, 0.2) is 30.7 Å². The molecule has 5 nitrogen and oxygen atoms in total. The van der Waals surface area contributed by atoms with Crippen molar-refractivity contribution in [2.45, 2.75) is 25.9 Å². The average molecular weight is 292 g/mol. The second-order valence-electron chi connectivity index (χ2n) is 4.79. The van der Waals surface area contributed by atoms with Crippen molar-refractivity contribution in [2.75, 3.05) is 19.0 Å². The van der Waals surface area contributed by atoms with E-state index < -0.39 is 0 Å². The van der Waals surface area contributed by atoms with Crippen LogP contribution in [0.1, 0.15) is 25.1 Å². The first-order chi connectivity index (χ1) is 10.2. The van der Waals surface area contributed by atoms with Crippen LogP contribution in [0.3, 0.4) is 0 Å². The van der Waals surface area contributed by atoms with Gasteiger partial charge >= 0.3 is 0 Å². The predicted molar refractivity (Wildman–Crippen MR) is 80.9 cm³/mol. The Morgan fingerprint density at radius 1 is 1.48 bits per heavy atom. The zero-order chi connectivity index (χ0) is 15.2. The van der Waals surface area contributed by atoms with Crippen molar-refractivity contribution >= 4 is 5.69 Å². The van der Waals surface area contributed by atoms with Crippen LogP contribution < -0.4 is 15.8 Å². The molecule has 0 saturated carbocycles. The van der Waals surface area contributed by atoms with Crippen molar-refractivity contribution in [3.8, 4) is 5.75 Å². The van der Waals surface area contributed by atoms with Gasteiger partial charge in [0, 0.05) is 19.2 Å². The number of halogens is 1. The molecule has 3 N–H and O–H groups in total. The van der Waals surface area contributed by atoms with E-state index >= 15 is 0 Å². The molecule has 2 rings (SSSR count). The van der Waals surface area contributed by atoms with E-state index in [0.717, 1.165) is 18.7 Å². The number of rotatable bonds is 7. The monoisotopic (exact) mass is 292 g/mol. The highest BCUT2D eigenvalue weighted by Gasteiger charge is 2.16. The van der Waals surface area contributed by atoms with Crippen molar-refractivity contribution < 1.29 is 9.13 Å². The molecule has 1 aromatic heterocycles. The van der Waals surface area contributed by atoms with E-state index in [2.05, 4.69) is 17.2 Å². The fourth-order valence-corrected chi connectivity index (χ4v) is 2.23. The Morgan fingerprint density at radius 2 is 2.29 bits per heavy atom. The Labute approximate surface area is 123 Å². The topological polar surface area (TPSA) is 65.1 Å². The van der Waals surface area contributed by atoms with Crippen LogP contribution in [0.5, 0.6) is 5.75 Å². The van der Waals surface area contributed by atoms with Crippen LogP contribution in [0, 0.1) is 5.82 Å². The third-order valence-corrected chi connectivity index (χ3v) is 3.30. The number of benzene rings is 1. The van der Waals surface area contributed by atoms with E-state index in [4.69, 9.17) is 10.5 Å². The molecule has 1 atom stereocenters. The SMILES string of the molecule is CCCn1cncc1C(CN)Nc1cc(OC)ccc1F. The van der Waals surface area contributed by atoms with E-state index in [1.54, 1.807) is 31.8 Å². The summed E-state index contributed by atoms with van der Waals surface area (Å²) in [7, 11) is 1.55. The normalized spacial score (nSPS) is 12.2. The summed E-state index contributed by atoms with van der Waals surface area (Å²) >= 11 is 0. The van der Waals surface area contributed by atoms with E-state index in [9.17, 15) is 4.39 Å². The van der Waals surface area contributed by atoms with Gasteiger partial charge in [-0.1, -0.05) is 6.92 Å². The molecule has 2 aromatic rings. The largest absolute Gasteiger partial charge is 0.497 e. The van der Waals surface area contributed by atoms with Gasteiger partial charge in [0.15, 0.2) is 0 Å². The van der Waals surface area contributed by atoms with E-state index in [1.165, 1.54) is 6.07 Å². The molecule has 0 radical (unpaired) electrons. The molecule has 0 aliphatic carbocycles. The molecule has 0 aliphatic heterocycles. The number of anilines is 1. The Hall–Kier alpha value is -2.08. The lowest BCUT2D eigenvalue weighted by molar-refractivity contribution is 0.414. The lowest BCUT2D eigenvalue weighted by Crippen LogP contribution is -2.23. The van der Waals surface area contributed by atoms with Gasteiger partial charge in [-0.25, -0.2) is 9.37 Å². The molecule has 1 aromatic carbocycles. The third kappa shape index (κ3) is 3.52. The van der Waals surface area contributed by atoms with Gasteiger partial charge in [-0.05, 0) is 18.6 Å². The smallest absolute Gasteiger partial charge is 0.146 e. The number of methoxy groups -OCH3 is 1. The summed E-state index contributed by atoms with van der Waals surface area (Å²) in [4.78, 5) is 4.16. The fraction of sp³-hybridized carbons (Fsp3) is 0.400. The molecule has 1 unspecified atom stereocenters. The Morgan fingerprint density at radius 3 is 2.95 bits per heavy atom. The Kier molecular flexibility index (Phi) is 5.16. The molecule has 0 aliphatic rings. The highest BCUT2D eigenvalue weighted by atomic mass is 19.1. The lowest BCUT2D eigenvalue weighted by atomic mass is 10.2. The van der Waals surface area contributed by atoms with Gasteiger partial charge in [-0.15, -0.1) is 0 Å². The minimum atomic E-state index is -0.337. The molecular weight excluding hydrogens is 271 g/mol. The van der Waals surface area contributed by atoms with Crippen molar-refractivity contribution in [3.63, 3.8) is 0 Å². The second kappa shape index (κ2) is 7.08. The summed E-state index contributed by atoms with van der Waals surface area (Å²) in [6, 6.07) is 4.37. The summed E-state index contributed by atoms with van der Waals surface area (Å²) in [5, 5.41) is 3.13. The molecule has 0 amide bonds. The molecule has 114 valence electrons. The minimum Gasteiger partial charge on any atom is -0.497 e. The zero-order valence-corrected chi connectivity index (χ0v) is 12.3. The van der Waals surface area contributed by atoms with Gasteiger partial charge in [0.2, 0.25) is 0 Å². The van der Waals surface area contributed by atoms with Crippen molar-refractivity contribution in [3.05, 3.63) is 42.2 Å². The number of nitrogens with zero attached hydrogens (tertiary/aromatic N) is 2. The molecule has 0 bridgehead atoms. The van der Waals surface area contributed by atoms with E-state index in [1.807, 2.05) is 4.57 Å². The fourth-order valence-electron chi connectivity index (χ4n) is 2.23. The van der Waals surface area contributed by atoms with Gasteiger partial charge in [0.05, 0.1) is 37.1 Å². The predicted octanol–water partition coefficient (Wildman–Crippen LogP) is 2.55. The standard InChI is InChI=1S/C15H21FN4O/c1-3-6-20-10-18-9-15(20)14(8-17)19-13-7-11(21-2)4-5-12(13)16/h4-5,7,9-10,14,19H,3,6,8,17H2,1-2H3. The number of aromatic nitrogens is 2. The number of hydrogen-bond donors (Lipinski definition) is 2. The molecule has 0 saturated heterocycles. The molecule has 0 fully saturated rings. The van der Waals surface area contributed by atoms with Crippen LogP contribution in [-0.4, -0.2) is 23.2 Å². The first kappa shape index (κ1) is 15.3. The minimum absolute atomic E-state index is 0.208. The van der Waals surface area contributed by atoms with Gasteiger partial charge < -0.3 is 20.4 Å². The van der Waals surface area contributed by atoms with Gasteiger partial charge in [0.25, 0.3) is 0 Å². The average Bonchev–Trinajstić information content (AvgIpc) is 2.95. The third-order valence-electron chi connectivity index (χ3n) is 3.30. The van der Waals surface area contributed by atoms with Crippen LogP contribution in [0.2, 0.25) is 0 Å². The maximum Gasteiger partial charge on any atom is 0.146 e. The molecule has 6 heteroatoms. The van der Waals surface area contributed by atoms with E-state index in [-0.39, 0.29) is 11.9 Å². The zero-order valence-electron chi connectivity index (χ0n) is 12.3. The number of ether oxygens (including phenoxy) is 1. The first-order valence-electron chi connectivity index (χ1n) is 6.99. The van der Waals surface area contributed by atoms with Crippen LogP contribution in [0.4, 0.5) is 10.1 Å². The van der Waals surface area contributed by atoms with Crippen molar-refractivity contribution in [1.29, 1.82) is 0 Å². The first-order valence-corrected chi connectivity index (χ1v) is 6.99. The molecular formula is C15H21FN4O.